The van der Waals surface area contributed by atoms with Crippen molar-refractivity contribution in [2.24, 2.45) is 4.99 Å². The lowest BCUT2D eigenvalue weighted by atomic mass is 10.2. The van der Waals surface area contributed by atoms with E-state index < -0.39 is 0 Å². The number of carbonyl (C=O) groups excluding carboxylic acids is 1. The number of amidine groups is 1. The van der Waals surface area contributed by atoms with E-state index in [-0.39, 0.29) is 5.91 Å². The molecule has 6 heteroatoms. The van der Waals surface area contributed by atoms with Crippen molar-refractivity contribution in [3.63, 3.8) is 0 Å². The Morgan fingerprint density at radius 3 is 2.59 bits per heavy atom. The third-order valence-corrected chi connectivity index (χ3v) is 6.87. The Kier molecular flexibility index (Phi) is 4.85. The molecule has 0 radical (unpaired) electrons. The summed E-state index contributed by atoms with van der Waals surface area (Å²) < 4.78 is 0. The summed E-state index contributed by atoms with van der Waals surface area (Å²) in [6.45, 7) is 6.26. The second-order valence-electron chi connectivity index (χ2n) is 6.25. The van der Waals surface area contributed by atoms with Crippen LogP contribution in [0.15, 0.2) is 81.0 Å². The van der Waals surface area contributed by atoms with E-state index in [1.165, 1.54) is 11.8 Å². The van der Waals surface area contributed by atoms with Gasteiger partial charge in [-0.15, -0.1) is 6.58 Å². The van der Waals surface area contributed by atoms with Gasteiger partial charge in [0.1, 0.15) is 4.91 Å². The van der Waals surface area contributed by atoms with E-state index in [1.807, 2.05) is 50.4 Å². The fourth-order valence-corrected chi connectivity index (χ4v) is 5.35. The Hall–Kier alpha value is -2.44. The Balaban J connectivity index is 1.76. The molecule has 2 aliphatic rings. The summed E-state index contributed by atoms with van der Waals surface area (Å²) in [4.78, 5) is 23.6. The molecule has 4 rings (SSSR count). The highest BCUT2D eigenvalue weighted by molar-refractivity contribution is 8.19. The number of para-hydroxylation sites is 2. The standard InChI is InChI=1S/C21H19N3OS2/c1-4-13-24-19(25)18(20-23(3)16-11-7-8-12-17(16)26-20)27-21(24)22-15-10-6-5-9-14(15)2/h4-12H,1,13H2,2-3H3/b20-18-,22-21?. The van der Waals surface area contributed by atoms with E-state index in [0.717, 1.165) is 26.9 Å². The molecule has 0 aliphatic carbocycles. The molecule has 0 aromatic heterocycles. The summed E-state index contributed by atoms with van der Waals surface area (Å²) in [5.41, 5.74) is 3.08. The molecule has 0 N–H and O–H groups in total. The smallest absolute Gasteiger partial charge is 0.269 e. The Morgan fingerprint density at radius 1 is 1.11 bits per heavy atom. The van der Waals surface area contributed by atoms with Crippen molar-refractivity contribution in [3.8, 4) is 0 Å². The third-order valence-electron chi connectivity index (χ3n) is 4.44. The lowest BCUT2D eigenvalue weighted by Crippen LogP contribution is -2.29. The van der Waals surface area contributed by atoms with Gasteiger partial charge in [-0.2, -0.15) is 0 Å². The summed E-state index contributed by atoms with van der Waals surface area (Å²) in [6, 6.07) is 16.1. The second-order valence-corrected chi connectivity index (χ2v) is 8.26. The van der Waals surface area contributed by atoms with Gasteiger partial charge in [0.15, 0.2) is 5.17 Å². The second kappa shape index (κ2) is 7.29. The minimum atomic E-state index is -0.0191. The van der Waals surface area contributed by atoms with Crippen LogP contribution in [0.3, 0.4) is 0 Å². The Bertz CT molecular complexity index is 996. The summed E-state index contributed by atoms with van der Waals surface area (Å²) in [7, 11) is 2.00. The van der Waals surface area contributed by atoms with Crippen molar-refractivity contribution in [3.05, 3.63) is 76.7 Å². The normalized spacial score (nSPS) is 20.5. The number of aliphatic imine (C=N–C) groups is 1. The molecule has 2 aromatic carbocycles. The van der Waals surface area contributed by atoms with E-state index in [9.17, 15) is 4.79 Å². The van der Waals surface area contributed by atoms with Crippen LogP contribution in [0.2, 0.25) is 0 Å². The predicted molar refractivity (Wildman–Crippen MR) is 116 cm³/mol. The summed E-state index contributed by atoms with van der Waals surface area (Å²) in [5.74, 6) is -0.0191. The number of nitrogens with zero attached hydrogens (tertiary/aromatic N) is 3. The lowest BCUT2D eigenvalue weighted by Gasteiger charge is -2.15. The molecule has 136 valence electrons. The molecule has 1 amide bonds. The number of fused-ring (bicyclic) bond motifs is 1. The highest BCUT2D eigenvalue weighted by atomic mass is 32.2. The van der Waals surface area contributed by atoms with Crippen LogP contribution in [0.5, 0.6) is 0 Å². The minimum absolute atomic E-state index is 0.0191. The van der Waals surface area contributed by atoms with Gasteiger partial charge in [0.25, 0.3) is 5.91 Å². The number of hydrogen-bond donors (Lipinski definition) is 0. The first-order valence-corrected chi connectivity index (χ1v) is 10.2. The van der Waals surface area contributed by atoms with Crippen LogP contribution in [0.25, 0.3) is 0 Å². The van der Waals surface area contributed by atoms with Crippen LogP contribution in [-0.4, -0.2) is 29.6 Å². The van der Waals surface area contributed by atoms with Gasteiger partial charge in [0.2, 0.25) is 0 Å². The van der Waals surface area contributed by atoms with E-state index in [1.54, 1.807) is 22.7 Å². The molecule has 0 spiro atoms. The number of amides is 1. The first-order valence-electron chi connectivity index (χ1n) is 8.60. The average molecular weight is 394 g/mol. The van der Waals surface area contributed by atoms with Crippen LogP contribution in [-0.2, 0) is 4.79 Å². The highest BCUT2D eigenvalue weighted by Gasteiger charge is 2.38. The summed E-state index contributed by atoms with van der Waals surface area (Å²) in [6.07, 6.45) is 1.74. The molecule has 2 aromatic rings. The van der Waals surface area contributed by atoms with Gasteiger partial charge in [-0.25, -0.2) is 4.99 Å². The molecule has 0 bridgehead atoms. The Labute approximate surface area is 167 Å². The van der Waals surface area contributed by atoms with Crippen molar-refractivity contribution < 1.29 is 4.79 Å². The van der Waals surface area contributed by atoms with Gasteiger partial charge in [0.05, 0.1) is 16.4 Å². The largest absolute Gasteiger partial charge is 0.337 e. The van der Waals surface area contributed by atoms with Crippen LogP contribution < -0.4 is 4.90 Å². The number of thioether (sulfide) groups is 2. The molecule has 0 saturated carbocycles. The molecule has 27 heavy (non-hydrogen) atoms. The molecule has 2 heterocycles. The molecular formula is C21H19N3OS2. The minimum Gasteiger partial charge on any atom is -0.337 e. The monoisotopic (exact) mass is 393 g/mol. The van der Waals surface area contributed by atoms with Gasteiger partial charge in [-0.3, -0.25) is 9.69 Å². The van der Waals surface area contributed by atoms with Gasteiger partial charge in [-0.1, -0.05) is 48.2 Å². The number of hydrogen-bond acceptors (Lipinski definition) is 5. The Morgan fingerprint density at radius 2 is 1.85 bits per heavy atom. The topological polar surface area (TPSA) is 35.9 Å². The van der Waals surface area contributed by atoms with E-state index in [2.05, 4.69) is 23.6 Å². The van der Waals surface area contributed by atoms with Gasteiger partial charge < -0.3 is 4.90 Å². The van der Waals surface area contributed by atoms with Crippen molar-refractivity contribution >= 4 is 46.0 Å². The zero-order valence-corrected chi connectivity index (χ0v) is 16.8. The zero-order chi connectivity index (χ0) is 19.0. The number of anilines is 1. The summed E-state index contributed by atoms with van der Waals surface area (Å²) >= 11 is 3.07. The maximum atomic E-state index is 13.1. The maximum Gasteiger partial charge on any atom is 0.269 e. The number of benzene rings is 2. The fraction of sp³-hybridized carbons (Fsp3) is 0.143. The average Bonchev–Trinajstić information content (AvgIpc) is 3.16. The lowest BCUT2D eigenvalue weighted by molar-refractivity contribution is -0.121. The molecule has 1 saturated heterocycles. The quantitative estimate of drug-likeness (QED) is 0.533. The van der Waals surface area contributed by atoms with Crippen molar-refractivity contribution in [1.82, 2.24) is 4.90 Å². The molecule has 4 nitrogen and oxygen atoms in total. The zero-order valence-electron chi connectivity index (χ0n) is 15.2. The van der Waals surface area contributed by atoms with Crippen molar-refractivity contribution in [1.29, 1.82) is 0 Å². The molecule has 2 aliphatic heterocycles. The van der Waals surface area contributed by atoms with Crippen molar-refractivity contribution in [2.45, 2.75) is 11.8 Å². The summed E-state index contributed by atoms with van der Waals surface area (Å²) in [5, 5.41) is 1.65. The first-order chi connectivity index (χ1) is 13.1. The van der Waals surface area contributed by atoms with Crippen LogP contribution in [0.1, 0.15) is 5.56 Å². The predicted octanol–water partition coefficient (Wildman–Crippen LogP) is 5.16. The SMILES string of the molecule is C=CCN1C(=O)/C(=C2/Sc3ccccc3N2C)SC1=Nc1ccccc1C. The van der Waals surface area contributed by atoms with Crippen LogP contribution in [0.4, 0.5) is 11.4 Å². The van der Waals surface area contributed by atoms with Gasteiger partial charge in [0, 0.05) is 18.5 Å². The molecular weight excluding hydrogens is 374 g/mol. The van der Waals surface area contributed by atoms with E-state index in [0.29, 0.717) is 16.6 Å². The fourth-order valence-electron chi connectivity index (χ4n) is 3.00. The van der Waals surface area contributed by atoms with E-state index in [4.69, 9.17) is 4.99 Å². The molecule has 0 unspecified atom stereocenters. The molecule has 1 fully saturated rings. The highest BCUT2D eigenvalue weighted by Crippen LogP contribution is 2.49. The first kappa shape index (κ1) is 17.9. The number of rotatable bonds is 3. The van der Waals surface area contributed by atoms with Gasteiger partial charge in [-0.05, 0) is 42.4 Å². The third kappa shape index (κ3) is 3.19. The van der Waals surface area contributed by atoms with Crippen molar-refractivity contribution in [2.75, 3.05) is 18.5 Å². The van der Waals surface area contributed by atoms with Crippen LogP contribution in [0, 0.1) is 6.92 Å². The number of aryl methyl sites for hydroxylation is 1. The van der Waals surface area contributed by atoms with E-state index >= 15 is 0 Å². The molecule has 0 atom stereocenters. The number of carbonyl (C=O) groups is 1. The maximum absolute atomic E-state index is 13.1. The van der Waals surface area contributed by atoms with Crippen LogP contribution >= 0.6 is 23.5 Å². The van der Waals surface area contributed by atoms with Gasteiger partial charge >= 0.3 is 0 Å².